The van der Waals surface area contributed by atoms with Gasteiger partial charge in [-0.3, -0.25) is 0 Å². The van der Waals surface area contributed by atoms with Gasteiger partial charge in [0.05, 0.1) is 13.2 Å². The second kappa shape index (κ2) is 19.0. The molecular weight excluding hydrogens is 496 g/mol. The van der Waals surface area contributed by atoms with Crippen LogP contribution in [-0.4, -0.2) is 68.3 Å². The molecule has 0 saturated carbocycles. The fourth-order valence-corrected chi connectivity index (χ4v) is 2.19. The number of hydrogen-bond acceptors (Lipinski definition) is 10. The molecule has 2 rings (SSSR count). The van der Waals surface area contributed by atoms with Crippen LogP contribution in [0.2, 0.25) is 0 Å². The van der Waals surface area contributed by atoms with E-state index in [9.17, 15) is 19.2 Å². The Labute approximate surface area is 223 Å². The second-order valence-corrected chi connectivity index (χ2v) is 8.02. The maximum atomic E-state index is 11.0. The van der Waals surface area contributed by atoms with E-state index in [1.54, 1.807) is 20.8 Å². The van der Waals surface area contributed by atoms with Crippen molar-refractivity contribution in [3.05, 3.63) is 78.4 Å². The number of aliphatic hydroxyl groups is 1. The van der Waals surface area contributed by atoms with Gasteiger partial charge in [0, 0.05) is 16.7 Å². The number of allylic oxidation sites excluding steroid dienone is 1. The molecule has 1 aliphatic heterocycles. The predicted octanol–water partition coefficient (Wildman–Crippen LogP) is 3.95. The fourth-order valence-electron chi connectivity index (χ4n) is 2.19. The molecule has 2 unspecified atom stereocenters. The number of ether oxygens (including phenoxy) is 5. The minimum Gasteiger partial charge on any atom is -0.466 e. The van der Waals surface area contributed by atoms with Crippen LogP contribution in [0.5, 0.6) is 0 Å². The number of esters is 3. The minimum absolute atomic E-state index is 0.0113. The highest BCUT2D eigenvalue weighted by molar-refractivity contribution is 5.88. The summed E-state index contributed by atoms with van der Waals surface area (Å²) in [4.78, 5) is 42.9. The molecule has 0 aromatic heterocycles. The van der Waals surface area contributed by atoms with Crippen LogP contribution in [0.3, 0.4) is 0 Å². The molecule has 1 aromatic carbocycles. The lowest BCUT2D eigenvalue weighted by atomic mass is 10.1. The number of hydrogen-bond donors (Lipinski definition) is 1. The van der Waals surface area contributed by atoms with Gasteiger partial charge in [0.15, 0.2) is 6.10 Å². The maximum Gasteiger partial charge on any atom is 0.508 e. The molecule has 10 heteroatoms. The van der Waals surface area contributed by atoms with Gasteiger partial charge in [0.1, 0.15) is 19.8 Å². The monoisotopic (exact) mass is 532 g/mol. The number of aliphatic hydroxyl groups excluding tert-OH is 1. The highest BCUT2D eigenvalue weighted by Gasteiger charge is 2.26. The van der Waals surface area contributed by atoms with E-state index < -0.39 is 30.3 Å². The van der Waals surface area contributed by atoms with Gasteiger partial charge < -0.3 is 28.8 Å². The van der Waals surface area contributed by atoms with E-state index in [-0.39, 0.29) is 25.8 Å². The number of carbonyl (C=O) groups excluding carboxylic acids is 4. The Morgan fingerprint density at radius 1 is 1.05 bits per heavy atom. The molecule has 0 radical (unpaired) electrons. The number of rotatable bonds is 10. The van der Waals surface area contributed by atoms with Crippen molar-refractivity contribution < 1.29 is 48.0 Å². The molecular formula is C28H36O10. The Morgan fingerprint density at radius 2 is 1.63 bits per heavy atom. The first-order valence-electron chi connectivity index (χ1n) is 11.5. The summed E-state index contributed by atoms with van der Waals surface area (Å²) in [6.45, 7) is 15.2. The van der Waals surface area contributed by atoms with Crippen molar-refractivity contribution in [2.45, 2.75) is 39.4 Å². The van der Waals surface area contributed by atoms with Gasteiger partial charge in [0.25, 0.3) is 0 Å². The third-order valence-corrected chi connectivity index (χ3v) is 4.15. The zero-order valence-corrected chi connectivity index (χ0v) is 22.3. The van der Waals surface area contributed by atoms with Crippen LogP contribution in [0.15, 0.2) is 72.9 Å². The molecule has 0 spiro atoms. The highest BCUT2D eigenvalue weighted by Crippen LogP contribution is 2.07. The molecule has 1 aromatic rings. The SMILES string of the molecule is C=C(C)C(=O)OCC(C)O.C=C(C)C(=O)OCC1COC(=O)O1.C=C(CC=Cc1ccccc1)C(=O)OC. The summed E-state index contributed by atoms with van der Waals surface area (Å²) >= 11 is 0. The summed E-state index contributed by atoms with van der Waals surface area (Å²) in [5.74, 6) is -1.31. The summed E-state index contributed by atoms with van der Waals surface area (Å²) in [6, 6.07) is 9.89. The molecule has 1 saturated heterocycles. The Kier molecular flexibility index (Phi) is 16.9. The quantitative estimate of drug-likeness (QED) is 0.268. The van der Waals surface area contributed by atoms with E-state index in [1.807, 2.05) is 42.5 Å². The molecule has 2 atom stereocenters. The molecule has 208 valence electrons. The lowest BCUT2D eigenvalue weighted by Gasteiger charge is -2.06. The molecule has 0 bridgehead atoms. The number of cyclic esters (lactones) is 2. The van der Waals surface area contributed by atoms with Gasteiger partial charge in [-0.25, -0.2) is 19.2 Å². The van der Waals surface area contributed by atoms with E-state index in [1.165, 1.54) is 7.11 Å². The lowest BCUT2D eigenvalue weighted by molar-refractivity contribution is -0.142. The standard InChI is InChI=1S/C13H14O2.C8H10O5.C7H12O3/c1-11(13(14)15-2)7-6-10-12-8-4-3-5-9-12;1-5(2)7(9)11-3-6-4-12-8(10)13-6;1-5(2)7(9)10-4-6(3)8/h3-6,8-10H,1,7H2,2H3;6H,1,3-4H2,2H3;6,8H,1,4H2,2-3H3. The normalized spacial score (nSPS) is 14.2. The first kappa shape index (κ1) is 33.8. The highest BCUT2D eigenvalue weighted by atomic mass is 16.8. The Bertz CT molecular complexity index is 992. The molecule has 1 heterocycles. The van der Waals surface area contributed by atoms with E-state index in [2.05, 4.69) is 38.7 Å². The number of methoxy groups -OCH3 is 1. The zero-order chi connectivity index (χ0) is 29.1. The summed E-state index contributed by atoms with van der Waals surface area (Å²) < 4.78 is 23.0. The van der Waals surface area contributed by atoms with Crippen molar-refractivity contribution in [3.8, 4) is 0 Å². The number of carbonyl (C=O) groups is 4. The van der Waals surface area contributed by atoms with Crippen LogP contribution in [-0.2, 0) is 38.1 Å². The van der Waals surface area contributed by atoms with Crippen molar-refractivity contribution in [2.75, 3.05) is 26.9 Å². The molecule has 38 heavy (non-hydrogen) atoms. The summed E-state index contributed by atoms with van der Waals surface area (Å²) in [5, 5.41) is 8.68. The van der Waals surface area contributed by atoms with Crippen molar-refractivity contribution >= 4 is 30.1 Å². The molecule has 0 aliphatic carbocycles. The Morgan fingerprint density at radius 3 is 2.11 bits per heavy atom. The van der Waals surface area contributed by atoms with E-state index >= 15 is 0 Å². The predicted molar refractivity (Wildman–Crippen MR) is 141 cm³/mol. The first-order chi connectivity index (χ1) is 17.9. The maximum absolute atomic E-state index is 11.0. The molecule has 1 fully saturated rings. The van der Waals surface area contributed by atoms with Gasteiger partial charge >= 0.3 is 24.1 Å². The summed E-state index contributed by atoms with van der Waals surface area (Å²) in [5.41, 5.74) is 2.23. The van der Waals surface area contributed by atoms with Gasteiger partial charge in [0.2, 0.25) is 0 Å². The van der Waals surface area contributed by atoms with E-state index in [0.29, 0.717) is 23.1 Å². The molecule has 1 aliphatic rings. The van der Waals surface area contributed by atoms with Crippen molar-refractivity contribution in [1.29, 1.82) is 0 Å². The van der Waals surface area contributed by atoms with Crippen LogP contribution in [0.25, 0.3) is 6.08 Å². The van der Waals surface area contributed by atoms with Gasteiger partial charge in [-0.2, -0.15) is 0 Å². The largest absolute Gasteiger partial charge is 0.508 e. The average Bonchev–Trinajstić information content (AvgIpc) is 3.31. The van der Waals surface area contributed by atoms with Crippen LogP contribution >= 0.6 is 0 Å². The van der Waals surface area contributed by atoms with Gasteiger partial charge in [-0.15, -0.1) is 0 Å². The van der Waals surface area contributed by atoms with Crippen molar-refractivity contribution in [3.63, 3.8) is 0 Å². The average molecular weight is 533 g/mol. The summed E-state index contributed by atoms with van der Waals surface area (Å²) in [6.07, 6.45) is 2.54. The minimum atomic E-state index is -0.726. The third kappa shape index (κ3) is 16.5. The Hall–Kier alpha value is -4.18. The second-order valence-electron chi connectivity index (χ2n) is 8.02. The Balaban J connectivity index is 0.000000553. The van der Waals surface area contributed by atoms with Crippen molar-refractivity contribution in [1.82, 2.24) is 0 Å². The molecule has 10 nitrogen and oxygen atoms in total. The van der Waals surface area contributed by atoms with E-state index in [4.69, 9.17) is 9.84 Å². The number of benzene rings is 1. The topological polar surface area (TPSA) is 135 Å². The van der Waals surface area contributed by atoms with E-state index in [0.717, 1.165) is 5.56 Å². The lowest BCUT2D eigenvalue weighted by Crippen LogP contribution is -2.20. The summed E-state index contributed by atoms with van der Waals surface area (Å²) in [7, 11) is 1.36. The van der Waals surface area contributed by atoms with Gasteiger partial charge in [-0.05, 0) is 32.8 Å². The fraction of sp³-hybridized carbons (Fsp3) is 0.357. The van der Waals surface area contributed by atoms with Crippen LogP contribution in [0, 0.1) is 0 Å². The van der Waals surface area contributed by atoms with Crippen LogP contribution in [0.4, 0.5) is 4.79 Å². The van der Waals surface area contributed by atoms with Crippen LogP contribution in [0.1, 0.15) is 32.8 Å². The van der Waals surface area contributed by atoms with Gasteiger partial charge in [-0.1, -0.05) is 62.2 Å². The smallest absolute Gasteiger partial charge is 0.466 e. The first-order valence-corrected chi connectivity index (χ1v) is 11.5. The van der Waals surface area contributed by atoms with Crippen molar-refractivity contribution in [2.24, 2.45) is 0 Å². The zero-order valence-electron chi connectivity index (χ0n) is 22.3. The molecule has 0 amide bonds. The van der Waals surface area contributed by atoms with Crippen LogP contribution < -0.4 is 0 Å². The third-order valence-electron chi connectivity index (χ3n) is 4.15. The molecule has 1 N–H and O–H groups in total.